The molecule has 1 amide bonds. The molecule has 0 bridgehead atoms. The molecule has 2 aromatic carbocycles. The van der Waals surface area contributed by atoms with E-state index in [2.05, 4.69) is 22.0 Å². The fourth-order valence-electron chi connectivity index (χ4n) is 3.25. The van der Waals surface area contributed by atoms with E-state index in [4.69, 9.17) is 23.2 Å². The number of aromatic nitrogens is 2. The van der Waals surface area contributed by atoms with E-state index in [9.17, 15) is 31.1 Å². The molecule has 0 fully saturated rings. The highest BCUT2D eigenvalue weighted by atomic mass is 35.5. The Morgan fingerprint density at radius 3 is 2.26 bits per heavy atom. The molecule has 0 aliphatic carbocycles. The highest BCUT2D eigenvalue weighted by Gasteiger charge is 2.41. The van der Waals surface area contributed by atoms with Gasteiger partial charge in [0.25, 0.3) is 5.91 Å². The van der Waals surface area contributed by atoms with Gasteiger partial charge in [-0.25, -0.2) is 14.4 Å². The van der Waals surface area contributed by atoms with Crippen LogP contribution >= 0.6 is 23.2 Å². The Morgan fingerprint density at radius 1 is 1.03 bits per heavy atom. The SMILES string of the molecule is C=Cc1cc(C(/C=C(\F)c2ccc(C(=O)NNc3ncccn3)c(C(F)(F)F)c2)C(F)(F)F)cc(Cl)c1Cl. The summed E-state index contributed by atoms with van der Waals surface area (Å²) in [4.78, 5) is 19.8. The molecule has 2 N–H and O–H groups in total. The van der Waals surface area contributed by atoms with Crippen molar-refractivity contribution in [2.45, 2.75) is 18.3 Å². The minimum atomic E-state index is -5.15. The first-order chi connectivity index (χ1) is 17.7. The zero-order valence-electron chi connectivity index (χ0n) is 18.8. The number of nitrogens with one attached hydrogen (secondary N) is 2. The number of hydrogen-bond acceptors (Lipinski definition) is 4. The maximum Gasteiger partial charge on any atom is 0.417 e. The van der Waals surface area contributed by atoms with Crippen molar-refractivity contribution in [3.05, 3.63) is 99.3 Å². The van der Waals surface area contributed by atoms with Crippen LogP contribution in [0.25, 0.3) is 11.9 Å². The van der Waals surface area contributed by atoms with Crippen LogP contribution in [0.4, 0.5) is 36.7 Å². The summed E-state index contributed by atoms with van der Waals surface area (Å²) in [5, 5.41) is -0.334. The molecule has 0 aliphatic heterocycles. The van der Waals surface area contributed by atoms with Gasteiger partial charge in [0.1, 0.15) is 11.7 Å². The third kappa shape index (κ3) is 6.81. The lowest BCUT2D eigenvalue weighted by Crippen LogP contribution is -2.32. The molecule has 1 aromatic heterocycles. The maximum absolute atomic E-state index is 15.0. The topological polar surface area (TPSA) is 66.9 Å². The van der Waals surface area contributed by atoms with Crippen molar-refractivity contribution in [1.29, 1.82) is 0 Å². The van der Waals surface area contributed by atoms with E-state index < -0.39 is 52.3 Å². The predicted molar refractivity (Wildman–Crippen MR) is 129 cm³/mol. The first-order valence-electron chi connectivity index (χ1n) is 10.3. The Balaban J connectivity index is 2.01. The van der Waals surface area contributed by atoms with Gasteiger partial charge in [0, 0.05) is 18.0 Å². The third-order valence-corrected chi connectivity index (χ3v) is 5.84. The van der Waals surface area contributed by atoms with Crippen LogP contribution < -0.4 is 10.9 Å². The van der Waals surface area contributed by atoms with Gasteiger partial charge in [0.05, 0.1) is 21.2 Å². The summed E-state index contributed by atoms with van der Waals surface area (Å²) in [5.41, 5.74) is 0.355. The van der Waals surface area contributed by atoms with Gasteiger partial charge in [-0.3, -0.25) is 15.6 Å². The van der Waals surface area contributed by atoms with Crippen LogP contribution in [0.3, 0.4) is 0 Å². The van der Waals surface area contributed by atoms with Gasteiger partial charge in [0.15, 0.2) is 0 Å². The lowest BCUT2D eigenvalue weighted by atomic mass is 9.94. The van der Waals surface area contributed by atoms with E-state index in [1.165, 1.54) is 18.5 Å². The summed E-state index contributed by atoms with van der Waals surface area (Å²) in [6.07, 6.45) is -6.35. The predicted octanol–water partition coefficient (Wildman–Crippen LogP) is 7.86. The number of carbonyl (C=O) groups excluding carboxylic acids is 1. The van der Waals surface area contributed by atoms with Gasteiger partial charge >= 0.3 is 12.4 Å². The van der Waals surface area contributed by atoms with Crippen LogP contribution in [-0.4, -0.2) is 22.1 Å². The van der Waals surface area contributed by atoms with Crippen LogP contribution in [0.15, 0.2) is 61.4 Å². The summed E-state index contributed by atoms with van der Waals surface area (Å²) < 4.78 is 97.7. The second kappa shape index (κ2) is 11.4. The number of hydrazine groups is 1. The zero-order chi connectivity index (χ0) is 28.3. The van der Waals surface area contributed by atoms with Crippen molar-refractivity contribution in [2.24, 2.45) is 0 Å². The zero-order valence-corrected chi connectivity index (χ0v) is 20.3. The number of halogens is 9. The molecule has 1 heterocycles. The third-order valence-electron chi connectivity index (χ3n) is 5.02. The van der Waals surface area contributed by atoms with Crippen LogP contribution in [0, 0.1) is 0 Å². The van der Waals surface area contributed by atoms with Gasteiger partial charge in [-0.15, -0.1) is 0 Å². The Kier molecular flexibility index (Phi) is 8.68. The Labute approximate surface area is 221 Å². The van der Waals surface area contributed by atoms with E-state index in [1.54, 1.807) is 0 Å². The van der Waals surface area contributed by atoms with E-state index in [0.717, 1.165) is 24.3 Å². The molecule has 0 saturated heterocycles. The Bertz CT molecular complexity index is 1380. The average Bonchev–Trinajstić information content (AvgIpc) is 2.86. The second-order valence-electron chi connectivity index (χ2n) is 7.55. The smallest absolute Gasteiger partial charge is 0.267 e. The number of alkyl halides is 6. The minimum Gasteiger partial charge on any atom is -0.267 e. The van der Waals surface area contributed by atoms with Crippen LogP contribution in [-0.2, 0) is 6.18 Å². The molecule has 1 atom stereocenters. The van der Waals surface area contributed by atoms with Crippen molar-refractivity contribution < 1.29 is 35.5 Å². The van der Waals surface area contributed by atoms with E-state index in [1.807, 2.05) is 5.43 Å². The second-order valence-corrected chi connectivity index (χ2v) is 8.34. The summed E-state index contributed by atoms with van der Waals surface area (Å²) in [7, 11) is 0. The summed E-state index contributed by atoms with van der Waals surface area (Å²) in [6, 6.07) is 4.92. The van der Waals surface area contributed by atoms with Gasteiger partial charge in [-0.2, -0.15) is 26.3 Å². The maximum atomic E-state index is 15.0. The molecule has 200 valence electrons. The van der Waals surface area contributed by atoms with Crippen molar-refractivity contribution in [1.82, 2.24) is 15.4 Å². The molecule has 38 heavy (non-hydrogen) atoms. The number of anilines is 1. The number of allylic oxidation sites excluding steroid dienone is 1. The van der Waals surface area contributed by atoms with Crippen LogP contribution in [0.5, 0.6) is 0 Å². The molecule has 14 heteroatoms. The molecule has 3 rings (SSSR count). The Morgan fingerprint density at radius 2 is 1.68 bits per heavy atom. The molecule has 0 aliphatic rings. The molecule has 1 unspecified atom stereocenters. The van der Waals surface area contributed by atoms with Gasteiger partial charge < -0.3 is 0 Å². The lowest BCUT2D eigenvalue weighted by Gasteiger charge is -2.19. The van der Waals surface area contributed by atoms with Gasteiger partial charge in [-0.1, -0.05) is 41.9 Å². The van der Waals surface area contributed by atoms with Crippen molar-refractivity contribution in [3.63, 3.8) is 0 Å². The van der Waals surface area contributed by atoms with Gasteiger partial charge in [-0.05, 0) is 47.5 Å². The fourth-order valence-corrected chi connectivity index (χ4v) is 3.67. The highest BCUT2D eigenvalue weighted by Crippen LogP contribution is 2.42. The number of hydrogen-bond donors (Lipinski definition) is 2. The highest BCUT2D eigenvalue weighted by molar-refractivity contribution is 6.43. The molecule has 0 saturated carbocycles. The van der Waals surface area contributed by atoms with Crippen molar-refractivity contribution in [2.75, 3.05) is 5.43 Å². The van der Waals surface area contributed by atoms with E-state index in [0.29, 0.717) is 6.07 Å². The average molecular weight is 579 g/mol. The number of amides is 1. The molecular formula is C24H15Cl2F7N4O. The Hall–Kier alpha value is -3.64. The van der Waals surface area contributed by atoms with Crippen LogP contribution in [0.2, 0.25) is 10.0 Å². The molecule has 5 nitrogen and oxygen atoms in total. The van der Waals surface area contributed by atoms with E-state index >= 15 is 4.39 Å². The van der Waals surface area contributed by atoms with Crippen molar-refractivity contribution >= 4 is 47.0 Å². The number of carbonyl (C=O) groups is 1. The molecule has 0 spiro atoms. The monoisotopic (exact) mass is 578 g/mol. The number of benzene rings is 2. The van der Waals surface area contributed by atoms with Crippen LogP contribution in [0.1, 0.15) is 38.5 Å². The summed E-state index contributed by atoms with van der Waals surface area (Å²) in [6.45, 7) is 3.43. The van der Waals surface area contributed by atoms with Crippen molar-refractivity contribution in [3.8, 4) is 0 Å². The molecular weight excluding hydrogens is 564 g/mol. The fraction of sp³-hybridized carbons (Fsp3) is 0.125. The largest absolute Gasteiger partial charge is 0.417 e. The summed E-state index contributed by atoms with van der Waals surface area (Å²) in [5.74, 6) is -5.61. The minimum absolute atomic E-state index is 0.0430. The molecule has 3 aromatic rings. The number of nitrogens with zero attached hydrogens (tertiary/aromatic N) is 2. The first-order valence-corrected chi connectivity index (χ1v) is 11.1. The normalized spacial score (nSPS) is 13.1. The standard InChI is InChI=1S/C24H15Cl2F7N4O/c1-2-12-8-14(10-18(25)20(12)26)16(23(28,29)30)11-19(27)13-4-5-15(17(9-13)24(31,32)33)21(38)36-37-22-34-6-3-7-35-22/h2-11,16H,1H2,(H,36,38)(H,34,35,37)/b19-11-. The quantitative estimate of drug-likeness (QED) is 0.221. The first kappa shape index (κ1) is 28.9. The molecule has 0 radical (unpaired) electrons. The van der Waals surface area contributed by atoms with Gasteiger partial charge in [0.2, 0.25) is 5.95 Å². The summed E-state index contributed by atoms with van der Waals surface area (Å²) >= 11 is 11.8. The number of rotatable bonds is 7. The lowest BCUT2D eigenvalue weighted by molar-refractivity contribution is -0.140. The van der Waals surface area contributed by atoms with E-state index in [-0.39, 0.29) is 33.7 Å².